The highest BCUT2D eigenvalue weighted by Gasteiger charge is 2.33. The maximum absolute atomic E-state index is 13.7. The van der Waals surface area contributed by atoms with Crippen molar-refractivity contribution < 1.29 is 52.7 Å². The quantitative estimate of drug-likeness (QED) is 0.149. The number of halogens is 12. The van der Waals surface area contributed by atoms with Gasteiger partial charge in [-0.2, -0.15) is 63.2 Å². The van der Waals surface area contributed by atoms with Gasteiger partial charge in [-0.05, 0) is 154 Å². The first-order chi connectivity index (χ1) is 39.0. The van der Waals surface area contributed by atoms with E-state index in [-0.39, 0.29) is 11.1 Å². The Morgan fingerprint density at radius 2 is 0.476 bits per heavy atom. The molecule has 402 valence electrons. The third-order valence-electron chi connectivity index (χ3n) is 14.8. The number of alkyl halides is 12. The highest BCUT2D eigenvalue weighted by atomic mass is 19.4. The van der Waals surface area contributed by atoms with Crippen LogP contribution >= 0.6 is 0 Å². The topological polar surface area (TPSA) is 57.4 Å². The van der Waals surface area contributed by atoms with E-state index < -0.39 is 47.0 Å². The van der Waals surface area contributed by atoms with Gasteiger partial charge in [-0.3, -0.25) is 0 Å². The van der Waals surface area contributed by atoms with Gasteiger partial charge in [0.25, 0.3) is 0 Å². The Morgan fingerprint density at radius 3 is 0.683 bits per heavy atom. The Kier molecular flexibility index (Phi) is 12.4. The predicted octanol–water partition coefficient (Wildman–Crippen LogP) is 20.0. The maximum Gasteiger partial charge on any atom is 0.416 e. The van der Waals surface area contributed by atoms with Gasteiger partial charge < -0.3 is 9.13 Å². The number of benzene rings is 10. The minimum Gasteiger partial charge on any atom is -0.309 e. The van der Waals surface area contributed by atoms with Crippen molar-refractivity contribution in [3.63, 3.8) is 0 Å². The fraction of sp³-hybridized carbons (Fsp3) is 0.0606. The molecule has 0 aliphatic carbocycles. The van der Waals surface area contributed by atoms with Crippen LogP contribution in [0.1, 0.15) is 33.4 Å². The molecule has 10 aromatic carbocycles. The maximum atomic E-state index is 13.7. The lowest BCUT2D eigenvalue weighted by Crippen LogP contribution is -2.04. The lowest BCUT2D eigenvalue weighted by atomic mass is 9.94. The van der Waals surface area contributed by atoms with Crippen molar-refractivity contribution in [3.05, 3.63) is 240 Å². The fourth-order valence-corrected chi connectivity index (χ4v) is 10.7. The number of nitriles is 2. The minimum absolute atomic E-state index is 0.144. The molecule has 0 amide bonds. The van der Waals surface area contributed by atoms with Crippen LogP contribution < -0.4 is 0 Å². The normalized spacial score (nSPS) is 12.4. The van der Waals surface area contributed by atoms with Crippen LogP contribution in [-0.4, -0.2) is 9.13 Å². The number of rotatable bonds is 7. The van der Waals surface area contributed by atoms with Gasteiger partial charge in [-0.15, -0.1) is 0 Å². The van der Waals surface area contributed by atoms with Crippen LogP contribution in [0, 0.1) is 22.7 Å². The van der Waals surface area contributed by atoms with Gasteiger partial charge >= 0.3 is 24.7 Å². The monoisotopic (exact) mass is 1110 g/mol. The van der Waals surface area contributed by atoms with Crippen LogP contribution in [0.2, 0.25) is 0 Å². The molecule has 2 aromatic heterocycles. The van der Waals surface area contributed by atoms with E-state index in [1.807, 2.05) is 33.4 Å². The standard InChI is InChI=1S/C66H34F12N4/c67-63(68,69)47-15-1-37(2-16-47)41-11-25-53-54-26-12-42(38-3-17-48(18-4-38)64(70,71)72)30-60(54)81(59(53)29-41)51-23-9-45(35-79)57(33-51)58-34-52(24-10-46(58)36-80)82-61-31-43(39-5-19-49(20-6-39)65(73,74)75)13-27-55(61)56-28-14-44(32-62(56)82)40-7-21-50(22-8-40)66(76,77)78/h1-34H. The number of fused-ring (bicyclic) bond motifs is 6. The molecule has 0 spiro atoms. The molecule has 12 aromatic rings. The van der Waals surface area contributed by atoms with E-state index in [0.29, 0.717) is 111 Å². The molecule has 12 rings (SSSR count). The first-order valence-electron chi connectivity index (χ1n) is 25.0. The Hall–Kier alpha value is -10.1. The molecular formula is C66H34F12N4. The molecule has 0 fully saturated rings. The van der Waals surface area contributed by atoms with Crippen LogP contribution in [0.4, 0.5) is 52.7 Å². The molecule has 0 saturated carbocycles. The van der Waals surface area contributed by atoms with E-state index in [2.05, 4.69) is 12.1 Å². The summed E-state index contributed by atoms with van der Waals surface area (Å²) in [5, 5.41) is 24.4. The SMILES string of the molecule is N#Cc1ccc(-n2c3cc(-c4ccc(C(F)(F)F)cc4)ccc3c3ccc(-c4ccc(C(F)(F)F)cc4)cc32)cc1-c1cc(-n2c3cc(-c4ccc(C(F)(F)F)cc4)ccc3c3ccc(-c4ccc(C(F)(F)F)cc4)cc32)ccc1C#N. The highest BCUT2D eigenvalue weighted by Crippen LogP contribution is 2.43. The number of aromatic nitrogens is 2. The van der Waals surface area contributed by atoms with Gasteiger partial charge in [-0.25, -0.2) is 0 Å². The molecule has 0 unspecified atom stereocenters. The second-order valence-corrected chi connectivity index (χ2v) is 19.6. The molecule has 82 heavy (non-hydrogen) atoms. The molecule has 0 bridgehead atoms. The Morgan fingerprint density at radius 1 is 0.256 bits per heavy atom. The second-order valence-electron chi connectivity index (χ2n) is 19.6. The summed E-state index contributed by atoms with van der Waals surface area (Å²) in [4.78, 5) is 0. The summed E-state index contributed by atoms with van der Waals surface area (Å²) >= 11 is 0. The molecule has 0 radical (unpaired) electrons. The second kappa shape index (κ2) is 19.3. The van der Waals surface area contributed by atoms with E-state index >= 15 is 0 Å². The molecular weight excluding hydrogens is 1080 g/mol. The summed E-state index contributed by atoms with van der Waals surface area (Å²) in [7, 11) is 0. The summed E-state index contributed by atoms with van der Waals surface area (Å²) < 4.78 is 168. The minimum atomic E-state index is -4.58. The van der Waals surface area contributed by atoms with Crippen molar-refractivity contribution >= 4 is 43.6 Å². The third kappa shape index (κ3) is 9.41. The van der Waals surface area contributed by atoms with Crippen molar-refractivity contribution in [3.8, 4) is 79.1 Å². The van der Waals surface area contributed by atoms with Crippen LogP contribution in [-0.2, 0) is 24.7 Å². The summed E-state index contributed by atoms with van der Waals surface area (Å²) in [5.74, 6) is 0. The number of hydrogen-bond acceptors (Lipinski definition) is 2. The zero-order valence-electron chi connectivity index (χ0n) is 42.0. The van der Waals surface area contributed by atoms with Crippen LogP contribution in [0.25, 0.3) is 111 Å². The Balaban J connectivity index is 1.07. The molecule has 4 nitrogen and oxygen atoms in total. The van der Waals surface area contributed by atoms with E-state index in [9.17, 15) is 63.2 Å². The summed E-state index contributed by atoms with van der Waals surface area (Å²) in [6, 6.07) is 54.7. The van der Waals surface area contributed by atoms with Crippen molar-refractivity contribution in [2.45, 2.75) is 24.7 Å². The third-order valence-corrected chi connectivity index (χ3v) is 14.8. The fourth-order valence-electron chi connectivity index (χ4n) is 10.7. The van der Waals surface area contributed by atoms with E-state index in [4.69, 9.17) is 0 Å². The van der Waals surface area contributed by atoms with Gasteiger partial charge in [0.2, 0.25) is 0 Å². The van der Waals surface area contributed by atoms with E-state index in [1.165, 1.54) is 48.5 Å². The molecule has 0 aliphatic heterocycles. The Bertz CT molecular complexity index is 4080. The summed E-state index contributed by atoms with van der Waals surface area (Å²) in [6.45, 7) is 0. The van der Waals surface area contributed by atoms with Crippen molar-refractivity contribution in [1.29, 1.82) is 10.5 Å². The average Bonchev–Trinajstić information content (AvgIpc) is 3.60. The van der Waals surface area contributed by atoms with Crippen LogP contribution in [0.15, 0.2) is 206 Å². The van der Waals surface area contributed by atoms with Gasteiger partial charge in [-0.1, -0.05) is 97.1 Å². The lowest BCUT2D eigenvalue weighted by molar-refractivity contribution is -0.138. The van der Waals surface area contributed by atoms with Gasteiger partial charge in [0.1, 0.15) is 0 Å². The zero-order chi connectivity index (χ0) is 57.6. The first kappa shape index (κ1) is 52.6. The van der Waals surface area contributed by atoms with Gasteiger partial charge in [0, 0.05) is 44.0 Å². The summed E-state index contributed by atoms with van der Waals surface area (Å²) in [6.07, 6.45) is -18.3. The molecule has 0 aliphatic rings. The number of hydrogen-bond donors (Lipinski definition) is 0. The van der Waals surface area contributed by atoms with Crippen molar-refractivity contribution in [2.75, 3.05) is 0 Å². The highest BCUT2D eigenvalue weighted by molar-refractivity contribution is 6.12. The van der Waals surface area contributed by atoms with E-state index in [1.54, 1.807) is 84.9 Å². The lowest BCUT2D eigenvalue weighted by Gasteiger charge is -2.16. The summed E-state index contributed by atoms with van der Waals surface area (Å²) in [5.41, 5.74) is 4.80. The molecule has 2 heterocycles. The smallest absolute Gasteiger partial charge is 0.309 e. The van der Waals surface area contributed by atoms with Crippen molar-refractivity contribution in [1.82, 2.24) is 9.13 Å². The average molecular weight is 1110 g/mol. The number of nitrogens with zero attached hydrogens (tertiary/aromatic N) is 4. The molecule has 0 N–H and O–H groups in total. The van der Waals surface area contributed by atoms with Crippen molar-refractivity contribution in [2.24, 2.45) is 0 Å². The van der Waals surface area contributed by atoms with Crippen LogP contribution in [0.3, 0.4) is 0 Å². The largest absolute Gasteiger partial charge is 0.416 e. The zero-order valence-corrected chi connectivity index (χ0v) is 42.0. The van der Waals surface area contributed by atoms with Crippen LogP contribution in [0.5, 0.6) is 0 Å². The predicted molar refractivity (Wildman–Crippen MR) is 292 cm³/mol. The van der Waals surface area contributed by atoms with Gasteiger partial charge in [0.15, 0.2) is 0 Å². The first-order valence-corrected chi connectivity index (χ1v) is 25.0. The van der Waals surface area contributed by atoms with E-state index in [0.717, 1.165) is 48.5 Å². The molecule has 16 heteroatoms. The molecule has 0 saturated heterocycles. The Labute approximate surface area is 457 Å². The van der Waals surface area contributed by atoms with Gasteiger partial charge in [0.05, 0.1) is 67.6 Å². The molecule has 0 atom stereocenters.